The van der Waals surface area contributed by atoms with Gasteiger partial charge in [-0.15, -0.1) is 11.8 Å². The highest BCUT2D eigenvalue weighted by Crippen LogP contribution is 2.28. The molecule has 1 aromatic rings. The summed E-state index contributed by atoms with van der Waals surface area (Å²) < 4.78 is 6.68. The van der Waals surface area contributed by atoms with Crippen LogP contribution in [0.1, 0.15) is 24.2 Å². The van der Waals surface area contributed by atoms with Crippen molar-refractivity contribution in [3.63, 3.8) is 0 Å². The van der Waals surface area contributed by atoms with Gasteiger partial charge in [0.15, 0.2) is 0 Å². The summed E-state index contributed by atoms with van der Waals surface area (Å²) in [7, 11) is 0. The zero-order chi connectivity index (χ0) is 15.4. The van der Waals surface area contributed by atoms with Crippen LogP contribution in [-0.2, 0) is 4.74 Å². The number of carbonyl (C=O) groups is 1. The lowest BCUT2D eigenvalue weighted by molar-refractivity contribution is -0.0265. The predicted molar refractivity (Wildman–Crippen MR) is 88.3 cm³/mol. The molecule has 116 valence electrons. The van der Waals surface area contributed by atoms with Crippen molar-refractivity contribution in [2.45, 2.75) is 30.9 Å². The fourth-order valence-corrected chi connectivity index (χ4v) is 3.89. The molecule has 1 aliphatic rings. The van der Waals surface area contributed by atoms with Crippen LogP contribution in [0.25, 0.3) is 0 Å². The van der Waals surface area contributed by atoms with Crippen LogP contribution in [0.15, 0.2) is 27.6 Å². The third kappa shape index (κ3) is 4.71. The van der Waals surface area contributed by atoms with Gasteiger partial charge in [0, 0.05) is 34.3 Å². The lowest BCUT2D eigenvalue weighted by atomic mass is 10.2. The number of ether oxygens (including phenoxy) is 1. The van der Waals surface area contributed by atoms with Crippen LogP contribution in [0.3, 0.4) is 0 Å². The molecule has 1 atom stereocenters. The molecule has 1 heterocycles. The van der Waals surface area contributed by atoms with Crippen LogP contribution in [0.4, 0.5) is 0 Å². The van der Waals surface area contributed by atoms with Crippen molar-refractivity contribution in [3.8, 4) is 0 Å². The van der Waals surface area contributed by atoms with Crippen LogP contribution in [0.5, 0.6) is 0 Å². The van der Waals surface area contributed by atoms with E-state index in [9.17, 15) is 9.90 Å². The summed E-state index contributed by atoms with van der Waals surface area (Å²) in [4.78, 5) is 14.4. The van der Waals surface area contributed by atoms with Gasteiger partial charge in [-0.3, -0.25) is 4.90 Å². The Kier molecular flexibility index (Phi) is 6.10. The molecule has 4 nitrogen and oxygen atoms in total. The number of benzene rings is 1. The van der Waals surface area contributed by atoms with Gasteiger partial charge < -0.3 is 9.84 Å². The van der Waals surface area contributed by atoms with E-state index >= 15 is 0 Å². The van der Waals surface area contributed by atoms with Gasteiger partial charge in [-0.05, 0) is 32.0 Å². The molecule has 2 rings (SSSR count). The maximum Gasteiger partial charge on any atom is 0.336 e. The van der Waals surface area contributed by atoms with Crippen molar-refractivity contribution in [3.05, 3.63) is 28.2 Å². The number of hydrogen-bond acceptors (Lipinski definition) is 4. The zero-order valence-electron chi connectivity index (χ0n) is 12.2. The summed E-state index contributed by atoms with van der Waals surface area (Å²) in [6.45, 7) is 6.99. The number of aromatic carboxylic acids is 1. The average molecular weight is 374 g/mol. The molecule has 0 radical (unpaired) electrons. The summed E-state index contributed by atoms with van der Waals surface area (Å²) in [5, 5.41) is 9.24. The van der Waals surface area contributed by atoms with Crippen LogP contribution in [0.2, 0.25) is 0 Å². The molecule has 1 unspecified atom stereocenters. The SMILES string of the molecule is CC(C)N1CCOC(CSc2cc(Br)ccc2C(=O)O)C1. The van der Waals surface area contributed by atoms with Gasteiger partial charge in [-0.2, -0.15) is 0 Å². The van der Waals surface area contributed by atoms with Crippen molar-refractivity contribution in [1.29, 1.82) is 0 Å². The summed E-state index contributed by atoms with van der Waals surface area (Å²) in [6.07, 6.45) is 0.145. The van der Waals surface area contributed by atoms with Crippen LogP contribution in [0, 0.1) is 0 Å². The van der Waals surface area contributed by atoms with Crippen LogP contribution < -0.4 is 0 Å². The van der Waals surface area contributed by atoms with Crippen molar-refractivity contribution >= 4 is 33.7 Å². The molecule has 21 heavy (non-hydrogen) atoms. The van der Waals surface area contributed by atoms with Gasteiger partial charge in [0.2, 0.25) is 0 Å². The van der Waals surface area contributed by atoms with Gasteiger partial charge >= 0.3 is 5.97 Å². The number of morpholine rings is 1. The van der Waals surface area contributed by atoms with E-state index in [2.05, 4.69) is 34.7 Å². The second-order valence-corrected chi connectivity index (χ2v) is 7.32. The van der Waals surface area contributed by atoms with Crippen molar-refractivity contribution in [1.82, 2.24) is 4.90 Å². The molecule has 6 heteroatoms. The maximum absolute atomic E-state index is 11.3. The minimum atomic E-state index is -0.890. The second kappa shape index (κ2) is 7.63. The Balaban J connectivity index is 1.99. The molecule has 0 amide bonds. The zero-order valence-corrected chi connectivity index (χ0v) is 14.6. The van der Waals surface area contributed by atoms with Gasteiger partial charge in [0.25, 0.3) is 0 Å². The molecule has 1 aromatic carbocycles. The van der Waals surface area contributed by atoms with Crippen LogP contribution >= 0.6 is 27.7 Å². The summed E-state index contributed by atoms with van der Waals surface area (Å²) in [6, 6.07) is 5.76. The van der Waals surface area contributed by atoms with Gasteiger partial charge in [-0.1, -0.05) is 15.9 Å². The Morgan fingerprint density at radius 3 is 3.00 bits per heavy atom. The second-order valence-electron chi connectivity index (χ2n) is 5.34. The topological polar surface area (TPSA) is 49.8 Å². The minimum Gasteiger partial charge on any atom is -0.478 e. The number of thioether (sulfide) groups is 1. The molecule has 1 N–H and O–H groups in total. The Morgan fingerprint density at radius 1 is 1.57 bits per heavy atom. The van der Waals surface area contributed by atoms with Gasteiger partial charge in [0.05, 0.1) is 18.3 Å². The molecule has 0 aromatic heterocycles. The van der Waals surface area contributed by atoms with E-state index in [1.54, 1.807) is 23.9 Å². The lowest BCUT2D eigenvalue weighted by Crippen LogP contribution is -2.46. The highest BCUT2D eigenvalue weighted by molar-refractivity contribution is 9.10. The first-order valence-electron chi connectivity index (χ1n) is 6.98. The molecular weight excluding hydrogens is 354 g/mol. The standard InChI is InChI=1S/C15H20BrNO3S/c1-10(2)17-5-6-20-12(8-17)9-21-14-7-11(16)3-4-13(14)15(18)19/h3-4,7,10,12H,5-6,8-9H2,1-2H3,(H,18,19). The molecule has 0 aliphatic carbocycles. The smallest absolute Gasteiger partial charge is 0.336 e. The molecule has 0 bridgehead atoms. The highest BCUT2D eigenvalue weighted by Gasteiger charge is 2.23. The number of nitrogens with zero attached hydrogens (tertiary/aromatic N) is 1. The van der Waals surface area contributed by atoms with Gasteiger partial charge in [-0.25, -0.2) is 4.79 Å². The third-order valence-electron chi connectivity index (χ3n) is 3.50. The van der Waals surface area contributed by atoms with E-state index in [4.69, 9.17) is 4.74 Å². The fraction of sp³-hybridized carbons (Fsp3) is 0.533. The summed E-state index contributed by atoms with van der Waals surface area (Å²) in [5.41, 5.74) is 0.347. The molecule has 1 saturated heterocycles. The van der Waals surface area contributed by atoms with Crippen molar-refractivity contribution in [2.75, 3.05) is 25.4 Å². The Hall–Kier alpha value is -0.560. The summed E-state index contributed by atoms with van der Waals surface area (Å²) >= 11 is 4.94. The van der Waals surface area contributed by atoms with Gasteiger partial charge in [0.1, 0.15) is 0 Å². The van der Waals surface area contributed by atoms with Crippen molar-refractivity contribution in [2.24, 2.45) is 0 Å². The number of carboxylic acid groups (broad SMARTS) is 1. The number of rotatable bonds is 5. The molecule has 0 spiro atoms. The Labute approximate surface area is 138 Å². The average Bonchev–Trinajstić information content (AvgIpc) is 2.45. The number of hydrogen-bond donors (Lipinski definition) is 1. The summed E-state index contributed by atoms with van der Waals surface area (Å²) in [5.74, 6) is -0.127. The van der Waals surface area contributed by atoms with E-state index in [1.165, 1.54) is 0 Å². The molecule has 1 fully saturated rings. The number of halogens is 1. The number of carboxylic acids is 1. The fourth-order valence-electron chi connectivity index (χ4n) is 2.29. The third-order valence-corrected chi connectivity index (χ3v) is 5.18. The highest BCUT2D eigenvalue weighted by atomic mass is 79.9. The first-order valence-corrected chi connectivity index (χ1v) is 8.76. The van der Waals surface area contributed by atoms with E-state index in [-0.39, 0.29) is 6.10 Å². The quantitative estimate of drug-likeness (QED) is 0.801. The van der Waals surface area contributed by atoms with Crippen LogP contribution in [-0.4, -0.2) is 53.6 Å². The van der Waals surface area contributed by atoms with Crippen molar-refractivity contribution < 1.29 is 14.6 Å². The van der Waals surface area contributed by atoms with E-state index in [1.807, 2.05) is 6.07 Å². The monoisotopic (exact) mass is 373 g/mol. The van der Waals surface area contributed by atoms with E-state index in [0.29, 0.717) is 11.6 Å². The normalized spacial score (nSPS) is 19.9. The first-order chi connectivity index (χ1) is 9.97. The predicted octanol–water partition coefficient (Wildman–Crippen LogP) is 3.35. The molecular formula is C15H20BrNO3S. The van der Waals surface area contributed by atoms with E-state index in [0.717, 1.165) is 34.8 Å². The molecule has 0 saturated carbocycles. The minimum absolute atomic E-state index is 0.145. The Morgan fingerprint density at radius 2 is 2.33 bits per heavy atom. The largest absolute Gasteiger partial charge is 0.478 e. The lowest BCUT2D eigenvalue weighted by Gasteiger charge is -2.35. The first kappa shape index (κ1) is 16.8. The van der Waals surface area contributed by atoms with E-state index < -0.39 is 5.97 Å². The maximum atomic E-state index is 11.3. The Bertz CT molecular complexity index is 510. The molecule has 1 aliphatic heterocycles.